The maximum atomic E-state index is 12.8. The summed E-state index contributed by atoms with van der Waals surface area (Å²) in [4.78, 5) is 17.3. The van der Waals surface area contributed by atoms with E-state index in [4.69, 9.17) is 4.42 Å². The minimum absolute atomic E-state index is 0.0801. The van der Waals surface area contributed by atoms with Crippen LogP contribution < -0.4 is 5.32 Å². The number of amides is 1. The van der Waals surface area contributed by atoms with Gasteiger partial charge in [0.05, 0.1) is 6.07 Å². The summed E-state index contributed by atoms with van der Waals surface area (Å²) in [7, 11) is 0. The quantitative estimate of drug-likeness (QED) is 0.872. The number of aromatic nitrogens is 1. The number of oxazole rings is 1. The van der Waals surface area contributed by atoms with Crippen LogP contribution in [-0.2, 0) is 10.2 Å². The molecule has 1 aromatic carbocycles. The Morgan fingerprint density at radius 1 is 1.32 bits per heavy atom. The number of nitriles is 1. The summed E-state index contributed by atoms with van der Waals surface area (Å²) in [6.45, 7) is 6.14. The van der Waals surface area contributed by atoms with E-state index in [2.05, 4.69) is 16.4 Å². The highest BCUT2D eigenvalue weighted by molar-refractivity contribution is 6.01. The van der Waals surface area contributed by atoms with Crippen molar-refractivity contribution in [3.05, 3.63) is 24.1 Å². The topological polar surface area (TPSA) is 78.9 Å². The minimum atomic E-state index is -0.848. The lowest BCUT2D eigenvalue weighted by atomic mass is 9.91. The van der Waals surface area contributed by atoms with Crippen molar-refractivity contribution < 1.29 is 9.21 Å². The third-order valence-corrected chi connectivity index (χ3v) is 5.81. The van der Waals surface area contributed by atoms with E-state index in [1.165, 1.54) is 0 Å². The van der Waals surface area contributed by atoms with Gasteiger partial charge < -0.3 is 9.73 Å². The first-order chi connectivity index (χ1) is 11.8. The molecule has 1 spiro atoms. The number of carbonyl (C=O) groups excluding carboxylic acids is 1. The fraction of sp³-hybridized carbons (Fsp3) is 0.550. The number of benzene rings is 1. The fourth-order valence-electron chi connectivity index (χ4n) is 4.21. The van der Waals surface area contributed by atoms with Crippen LogP contribution in [0, 0.1) is 22.2 Å². The summed E-state index contributed by atoms with van der Waals surface area (Å²) in [6, 6.07) is 7.78. The number of nitrogens with zero attached hydrogens (tertiary/aromatic N) is 2. The van der Waals surface area contributed by atoms with E-state index in [1.54, 1.807) is 0 Å². The maximum absolute atomic E-state index is 12.8. The van der Waals surface area contributed by atoms with Crippen molar-refractivity contribution in [2.75, 3.05) is 5.32 Å². The number of fused-ring (bicyclic) bond motifs is 1. The lowest BCUT2D eigenvalue weighted by molar-refractivity contribution is -0.120. The molecular weight excluding hydrogens is 314 g/mol. The highest BCUT2D eigenvalue weighted by Crippen LogP contribution is 2.71. The molecule has 2 aliphatic carbocycles. The molecule has 0 radical (unpaired) electrons. The Kier molecular flexibility index (Phi) is 3.28. The highest BCUT2D eigenvalue weighted by Gasteiger charge is 2.72. The summed E-state index contributed by atoms with van der Waals surface area (Å²) >= 11 is 0. The van der Waals surface area contributed by atoms with Crippen LogP contribution in [-0.4, -0.2) is 10.9 Å². The van der Waals surface area contributed by atoms with Gasteiger partial charge in [0, 0.05) is 16.5 Å². The number of hydrogen-bond acceptors (Lipinski definition) is 4. The molecule has 1 atom stereocenters. The summed E-state index contributed by atoms with van der Waals surface area (Å²) < 4.78 is 5.79. The second kappa shape index (κ2) is 5.08. The second-order valence-corrected chi connectivity index (χ2v) is 8.59. The molecule has 5 heteroatoms. The molecule has 1 heterocycles. The van der Waals surface area contributed by atoms with Crippen molar-refractivity contribution in [1.82, 2.24) is 4.98 Å². The van der Waals surface area contributed by atoms with Gasteiger partial charge in [-0.25, -0.2) is 4.98 Å². The van der Waals surface area contributed by atoms with Gasteiger partial charge in [-0.1, -0.05) is 33.6 Å². The van der Waals surface area contributed by atoms with E-state index in [-0.39, 0.29) is 16.7 Å². The van der Waals surface area contributed by atoms with Crippen LogP contribution in [0.5, 0.6) is 0 Å². The molecule has 0 bridgehead atoms. The van der Waals surface area contributed by atoms with Crippen LogP contribution >= 0.6 is 0 Å². The number of hydrogen-bond donors (Lipinski definition) is 1. The number of carbonyl (C=O) groups is 1. The van der Waals surface area contributed by atoms with Gasteiger partial charge in [-0.05, 0) is 37.5 Å². The Balaban J connectivity index is 1.59. The summed E-state index contributed by atoms with van der Waals surface area (Å²) in [5.74, 6) is 0.502. The molecule has 0 unspecified atom stereocenters. The van der Waals surface area contributed by atoms with Crippen LogP contribution in [0.25, 0.3) is 11.1 Å². The van der Waals surface area contributed by atoms with Gasteiger partial charge in [-0.2, -0.15) is 5.26 Å². The first kappa shape index (κ1) is 16.1. The van der Waals surface area contributed by atoms with Crippen LogP contribution in [0.15, 0.2) is 22.6 Å². The van der Waals surface area contributed by atoms with Crippen LogP contribution in [0.1, 0.15) is 58.8 Å². The van der Waals surface area contributed by atoms with Gasteiger partial charge in [-0.3, -0.25) is 4.79 Å². The first-order valence-electron chi connectivity index (χ1n) is 8.94. The normalized spacial score (nSPS) is 24.4. The molecule has 130 valence electrons. The second-order valence-electron chi connectivity index (χ2n) is 8.59. The molecule has 25 heavy (non-hydrogen) atoms. The number of anilines is 1. The zero-order valence-corrected chi connectivity index (χ0v) is 15.0. The Bertz CT molecular complexity index is 894. The SMILES string of the molecule is CC(C)(C)c1nc2cc(NC(=O)[C@@]3(C#N)CC34CCCC4)ccc2o1. The van der Waals surface area contributed by atoms with Crippen molar-refractivity contribution in [3.63, 3.8) is 0 Å². The van der Waals surface area contributed by atoms with Crippen LogP contribution in [0.4, 0.5) is 5.69 Å². The largest absolute Gasteiger partial charge is 0.440 e. The third-order valence-electron chi connectivity index (χ3n) is 5.81. The molecule has 2 aromatic rings. The Labute approximate surface area is 147 Å². The summed E-state index contributed by atoms with van der Waals surface area (Å²) in [5.41, 5.74) is 0.996. The van der Waals surface area contributed by atoms with Gasteiger partial charge in [0.25, 0.3) is 0 Å². The zero-order chi connectivity index (χ0) is 17.9. The molecule has 4 rings (SSSR count). The van der Waals surface area contributed by atoms with Gasteiger partial charge in [0.15, 0.2) is 5.58 Å². The molecule has 1 N–H and O–H groups in total. The molecule has 2 aliphatic rings. The molecule has 1 amide bonds. The molecule has 2 saturated carbocycles. The van der Waals surface area contributed by atoms with E-state index in [0.29, 0.717) is 23.6 Å². The predicted molar refractivity (Wildman–Crippen MR) is 94.9 cm³/mol. The van der Waals surface area contributed by atoms with Crippen molar-refractivity contribution in [2.24, 2.45) is 10.8 Å². The standard InChI is InChI=1S/C20H23N3O2/c1-18(2,3)17-23-14-10-13(6-7-15(14)25-17)22-16(24)20(12-21)11-19(20)8-4-5-9-19/h6-7,10H,4-5,8-9,11H2,1-3H3,(H,22,24)/t20-/m0/s1. The molecule has 0 saturated heterocycles. The van der Waals surface area contributed by atoms with E-state index in [0.717, 1.165) is 31.2 Å². The van der Waals surface area contributed by atoms with Crippen LogP contribution in [0.2, 0.25) is 0 Å². The average Bonchev–Trinajstić information content (AvgIpc) is 2.89. The van der Waals surface area contributed by atoms with Crippen LogP contribution in [0.3, 0.4) is 0 Å². The minimum Gasteiger partial charge on any atom is -0.440 e. The highest BCUT2D eigenvalue weighted by atomic mass is 16.3. The van der Waals surface area contributed by atoms with E-state index < -0.39 is 5.41 Å². The zero-order valence-electron chi connectivity index (χ0n) is 15.0. The lowest BCUT2D eigenvalue weighted by Gasteiger charge is -2.15. The van der Waals surface area contributed by atoms with Gasteiger partial charge in [-0.15, -0.1) is 0 Å². The van der Waals surface area contributed by atoms with E-state index in [9.17, 15) is 10.1 Å². The Morgan fingerprint density at radius 3 is 2.68 bits per heavy atom. The van der Waals surface area contributed by atoms with Gasteiger partial charge in [0.2, 0.25) is 11.8 Å². The molecule has 2 fully saturated rings. The molecule has 5 nitrogen and oxygen atoms in total. The Morgan fingerprint density at radius 2 is 2.04 bits per heavy atom. The lowest BCUT2D eigenvalue weighted by Crippen LogP contribution is -2.27. The van der Waals surface area contributed by atoms with Crippen molar-refractivity contribution in [2.45, 2.75) is 58.3 Å². The fourth-order valence-corrected chi connectivity index (χ4v) is 4.21. The van der Waals surface area contributed by atoms with Crippen molar-refractivity contribution in [1.29, 1.82) is 5.26 Å². The van der Waals surface area contributed by atoms with Gasteiger partial charge in [0.1, 0.15) is 10.9 Å². The number of nitrogens with one attached hydrogen (secondary N) is 1. The summed E-state index contributed by atoms with van der Waals surface area (Å²) in [5, 5.41) is 12.6. The monoisotopic (exact) mass is 337 g/mol. The van der Waals surface area contributed by atoms with Gasteiger partial charge >= 0.3 is 0 Å². The molecule has 1 aromatic heterocycles. The number of rotatable bonds is 2. The summed E-state index contributed by atoms with van der Waals surface area (Å²) in [6.07, 6.45) is 4.92. The maximum Gasteiger partial charge on any atom is 0.245 e. The Hall–Kier alpha value is -2.35. The molecular formula is C20H23N3O2. The predicted octanol–water partition coefficient (Wildman–Crippen LogP) is 4.54. The van der Waals surface area contributed by atoms with E-state index >= 15 is 0 Å². The molecule has 0 aliphatic heterocycles. The first-order valence-corrected chi connectivity index (χ1v) is 8.94. The average molecular weight is 337 g/mol. The smallest absolute Gasteiger partial charge is 0.245 e. The van der Waals surface area contributed by atoms with Crippen molar-refractivity contribution in [3.8, 4) is 6.07 Å². The van der Waals surface area contributed by atoms with Crippen molar-refractivity contribution >= 4 is 22.7 Å². The third kappa shape index (κ3) is 2.35. The van der Waals surface area contributed by atoms with E-state index in [1.807, 2.05) is 39.0 Å².